The number of alkyl halides is 1. The lowest BCUT2D eigenvalue weighted by Gasteiger charge is -2.27. The number of nitrogens with one attached hydrogen (secondary N) is 4. The topological polar surface area (TPSA) is 296 Å². The van der Waals surface area contributed by atoms with Crippen LogP contribution in [-0.4, -0.2) is 114 Å². The summed E-state index contributed by atoms with van der Waals surface area (Å²) in [6.45, 7) is 1.83. The molecule has 4 atom stereocenters. The van der Waals surface area contributed by atoms with E-state index in [0.717, 1.165) is 4.68 Å². The molecule has 0 radical (unpaired) electrons. The zero-order valence-electron chi connectivity index (χ0n) is 24.4. The Hall–Kier alpha value is -5.17. The molecule has 20 heteroatoms. The highest BCUT2D eigenvalue weighted by atomic mass is 19.1. The molecule has 0 aliphatic heterocycles. The number of hydrogen-bond donors (Lipinski definition) is 8. The molecule has 1 heterocycles. The van der Waals surface area contributed by atoms with E-state index in [-0.39, 0.29) is 12.8 Å². The lowest BCUT2D eigenvalue weighted by molar-refractivity contribution is -0.147. The minimum Gasteiger partial charge on any atom is -0.481 e. The molecular weight excluding hydrogens is 609 g/mol. The van der Waals surface area contributed by atoms with Gasteiger partial charge in [-0.2, -0.15) is 0 Å². The standard InChI is InChI=1S/C25H36FN7O12/c1-12(2)21(24(43)29-16(25(44)45)9-20(39)40)30-22(41)14(5-6-18(35)36)28-23(42)15(8-19(37)38)27-17(34)11-33-10-13(31-32-33)4-3-7-26/h10,12,14-16,21H,3-9,11H2,1-2H3,(H,27,34)(H,28,42)(H,29,43)(H,30,41)(H,35,36)(H,37,38)(H,39,40)(H,44,45)/t14-,15-,16-,21-/m0/s1. The molecule has 0 fully saturated rings. The van der Waals surface area contributed by atoms with Crippen molar-refractivity contribution >= 4 is 47.5 Å². The van der Waals surface area contributed by atoms with E-state index in [1.54, 1.807) is 0 Å². The van der Waals surface area contributed by atoms with Crippen LogP contribution in [0.3, 0.4) is 0 Å². The third-order valence-electron chi connectivity index (χ3n) is 6.01. The second-order valence-electron chi connectivity index (χ2n) is 10.1. The Morgan fingerprint density at radius 1 is 0.800 bits per heavy atom. The van der Waals surface area contributed by atoms with E-state index in [1.165, 1.54) is 20.0 Å². The van der Waals surface area contributed by atoms with Crippen molar-refractivity contribution in [1.82, 2.24) is 36.3 Å². The van der Waals surface area contributed by atoms with Crippen LogP contribution in [0.1, 0.15) is 51.6 Å². The molecule has 0 bridgehead atoms. The van der Waals surface area contributed by atoms with Gasteiger partial charge in [0.15, 0.2) is 0 Å². The fraction of sp³-hybridized carbons (Fsp3) is 0.600. The van der Waals surface area contributed by atoms with E-state index in [1.807, 2.05) is 5.32 Å². The number of aliphatic carboxylic acids is 4. The van der Waals surface area contributed by atoms with E-state index < -0.39 is 116 Å². The Balaban J connectivity index is 3.09. The second-order valence-corrected chi connectivity index (χ2v) is 10.1. The molecule has 0 aliphatic rings. The summed E-state index contributed by atoms with van der Waals surface area (Å²) in [6, 6.07) is -6.72. The quantitative estimate of drug-likeness (QED) is 0.0696. The first-order valence-corrected chi connectivity index (χ1v) is 13.6. The van der Waals surface area contributed by atoms with Gasteiger partial charge >= 0.3 is 23.9 Å². The van der Waals surface area contributed by atoms with Gasteiger partial charge in [0.2, 0.25) is 23.6 Å². The van der Waals surface area contributed by atoms with Crippen LogP contribution in [0.2, 0.25) is 0 Å². The minimum absolute atomic E-state index is 0.179. The first-order valence-electron chi connectivity index (χ1n) is 13.6. The van der Waals surface area contributed by atoms with Crippen molar-refractivity contribution in [2.45, 2.75) is 83.1 Å². The number of carboxylic acid groups (broad SMARTS) is 4. The van der Waals surface area contributed by atoms with Gasteiger partial charge in [-0.05, 0) is 25.2 Å². The van der Waals surface area contributed by atoms with Crippen molar-refractivity contribution in [2.24, 2.45) is 5.92 Å². The molecule has 1 aromatic heterocycles. The summed E-state index contributed by atoms with van der Waals surface area (Å²) in [5.41, 5.74) is 0.390. The Bertz CT molecular complexity index is 1250. The summed E-state index contributed by atoms with van der Waals surface area (Å²) in [5.74, 6) is -11.0. The summed E-state index contributed by atoms with van der Waals surface area (Å²) in [5, 5.41) is 52.6. The Morgan fingerprint density at radius 2 is 1.38 bits per heavy atom. The molecule has 45 heavy (non-hydrogen) atoms. The summed E-state index contributed by atoms with van der Waals surface area (Å²) < 4.78 is 13.4. The van der Waals surface area contributed by atoms with Crippen molar-refractivity contribution in [3.05, 3.63) is 11.9 Å². The van der Waals surface area contributed by atoms with Crippen molar-refractivity contribution < 1.29 is 63.2 Å². The third kappa shape index (κ3) is 14.2. The molecule has 0 unspecified atom stereocenters. The normalized spacial score (nSPS) is 13.5. The van der Waals surface area contributed by atoms with Gasteiger partial charge in [0.1, 0.15) is 30.7 Å². The molecule has 0 aliphatic carbocycles. The Labute approximate surface area is 254 Å². The highest BCUT2D eigenvalue weighted by Crippen LogP contribution is 2.08. The highest BCUT2D eigenvalue weighted by Gasteiger charge is 2.34. The number of nitrogens with zero attached hydrogens (tertiary/aromatic N) is 3. The highest BCUT2D eigenvalue weighted by molar-refractivity contribution is 5.96. The number of hydrogen-bond acceptors (Lipinski definition) is 10. The van der Waals surface area contributed by atoms with Crippen LogP contribution in [0.15, 0.2) is 6.20 Å². The molecule has 4 amide bonds. The van der Waals surface area contributed by atoms with E-state index in [4.69, 9.17) is 10.2 Å². The summed E-state index contributed by atoms with van der Waals surface area (Å²) in [4.78, 5) is 96.5. The second kappa shape index (κ2) is 18.5. The molecule has 8 N–H and O–H groups in total. The number of aryl methyl sites for hydroxylation is 1. The van der Waals surface area contributed by atoms with Crippen molar-refractivity contribution in [2.75, 3.05) is 6.67 Å². The molecule has 0 aromatic carbocycles. The van der Waals surface area contributed by atoms with Crippen LogP contribution >= 0.6 is 0 Å². The molecule has 250 valence electrons. The van der Waals surface area contributed by atoms with E-state index in [2.05, 4.69) is 26.3 Å². The molecule has 1 aromatic rings. The van der Waals surface area contributed by atoms with E-state index >= 15 is 0 Å². The zero-order valence-corrected chi connectivity index (χ0v) is 24.4. The lowest BCUT2D eigenvalue weighted by Crippen LogP contribution is -2.59. The summed E-state index contributed by atoms with van der Waals surface area (Å²) >= 11 is 0. The van der Waals surface area contributed by atoms with Gasteiger partial charge < -0.3 is 41.7 Å². The SMILES string of the molecule is CC(C)[C@H](NC(=O)[C@H](CCC(=O)O)NC(=O)[C@H](CC(=O)O)NC(=O)Cn1cc(CCCF)nn1)C(=O)N[C@@H](CC(=O)O)C(=O)O. The van der Waals surface area contributed by atoms with Gasteiger partial charge in [-0.25, -0.2) is 9.48 Å². The molecule has 19 nitrogen and oxygen atoms in total. The fourth-order valence-corrected chi connectivity index (χ4v) is 3.78. The maximum atomic E-state index is 13.1. The number of carbonyl (C=O) groups is 8. The first kappa shape index (κ1) is 37.9. The first-order chi connectivity index (χ1) is 21.0. The van der Waals surface area contributed by atoms with Gasteiger partial charge in [0.25, 0.3) is 0 Å². The third-order valence-corrected chi connectivity index (χ3v) is 6.01. The number of halogens is 1. The average Bonchev–Trinajstić information content (AvgIpc) is 3.37. The number of carboxylic acids is 4. The van der Waals surface area contributed by atoms with Gasteiger partial charge in [-0.3, -0.25) is 38.0 Å². The molecular formula is C25H36FN7O12. The van der Waals surface area contributed by atoms with Crippen LogP contribution in [0.5, 0.6) is 0 Å². The Kier molecular flexibility index (Phi) is 15.5. The minimum atomic E-state index is -1.84. The Morgan fingerprint density at radius 3 is 1.91 bits per heavy atom. The average molecular weight is 646 g/mol. The summed E-state index contributed by atoms with van der Waals surface area (Å²) in [7, 11) is 0. The van der Waals surface area contributed by atoms with Gasteiger partial charge in [0, 0.05) is 12.6 Å². The predicted octanol–water partition coefficient (Wildman–Crippen LogP) is -2.33. The van der Waals surface area contributed by atoms with Crippen molar-refractivity contribution in [3.8, 4) is 0 Å². The van der Waals surface area contributed by atoms with Gasteiger partial charge in [-0.15, -0.1) is 5.10 Å². The van der Waals surface area contributed by atoms with Crippen LogP contribution in [0.25, 0.3) is 0 Å². The van der Waals surface area contributed by atoms with Crippen LogP contribution in [-0.2, 0) is 51.3 Å². The number of carbonyl (C=O) groups excluding carboxylic acids is 4. The largest absolute Gasteiger partial charge is 0.481 e. The van der Waals surface area contributed by atoms with Gasteiger partial charge in [0.05, 0.1) is 25.2 Å². The lowest BCUT2D eigenvalue weighted by atomic mass is 10.0. The molecule has 0 saturated carbocycles. The molecule has 1 rings (SSSR count). The van der Waals surface area contributed by atoms with E-state index in [9.17, 15) is 53.0 Å². The fourth-order valence-electron chi connectivity index (χ4n) is 3.78. The smallest absolute Gasteiger partial charge is 0.326 e. The number of aromatic nitrogens is 3. The van der Waals surface area contributed by atoms with Gasteiger partial charge in [-0.1, -0.05) is 19.1 Å². The van der Waals surface area contributed by atoms with Crippen LogP contribution in [0.4, 0.5) is 4.39 Å². The zero-order chi connectivity index (χ0) is 34.3. The summed E-state index contributed by atoms with van der Waals surface area (Å²) in [6.07, 6.45) is -1.32. The predicted molar refractivity (Wildman–Crippen MR) is 146 cm³/mol. The van der Waals surface area contributed by atoms with Crippen molar-refractivity contribution in [1.29, 1.82) is 0 Å². The maximum Gasteiger partial charge on any atom is 0.326 e. The molecule has 0 spiro atoms. The van der Waals surface area contributed by atoms with E-state index in [0.29, 0.717) is 5.69 Å². The van der Waals surface area contributed by atoms with Crippen molar-refractivity contribution in [3.63, 3.8) is 0 Å². The number of rotatable bonds is 21. The van der Waals surface area contributed by atoms with Crippen LogP contribution in [0, 0.1) is 5.92 Å². The monoisotopic (exact) mass is 645 g/mol. The number of amides is 4. The maximum absolute atomic E-state index is 13.1. The molecule has 0 saturated heterocycles. The van der Waals surface area contributed by atoms with Crippen LogP contribution < -0.4 is 21.3 Å².